The number of rotatable bonds is 8. The molecule has 144 valence electrons. The number of nitrogens with zero attached hydrogens (tertiary/aromatic N) is 3. The SMILES string of the molecule is CCN(C)Cc1cccc(CNC(=NC)NCCc2ncc(C)s2)c1.I. The summed E-state index contributed by atoms with van der Waals surface area (Å²) in [7, 11) is 3.94. The molecule has 0 atom stereocenters. The highest BCUT2D eigenvalue weighted by Crippen LogP contribution is 2.11. The van der Waals surface area contributed by atoms with Gasteiger partial charge in [0.15, 0.2) is 5.96 Å². The first kappa shape index (κ1) is 22.9. The molecule has 7 heteroatoms. The molecule has 26 heavy (non-hydrogen) atoms. The molecule has 0 aliphatic carbocycles. The van der Waals surface area contributed by atoms with Gasteiger partial charge in [-0.15, -0.1) is 35.3 Å². The van der Waals surface area contributed by atoms with Crippen molar-refractivity contribution in [2.75, 3.05) is 27.2 Å². The number of aliphatic imine (C=N–C) groups is 1. The average molecular weight is 487 g/mol. The topological polar surface area (TPSA) is 52.5 Å². The lowest BCUT2D eigenvalue weighted by atomic mass is 10.1. The first-order valence-corrected chi connectivity index (χ1v) is 9.54. The van der Waals surface area contributed by atoms with E-state index in [9.17, 15) is 0 Å². The molecule has 1 aromatic heterocycles. The third kappa shape index (κ3) is 8.01. The predicted octanol–water partition coefficient (Wildman–Crippen LogP) is 3.43. The van der Waals surface area contributed by atoms with E-state index in [-0.39, 0.29) is 24.0 Å². The standard InChI is InChI=1S/C19H29N5S.HI/c1-5-24(4)14-17-8-6-7-16(11-17)13-23-19(20-3)21-10-9-18-22-12-15(2)25-18;/h6-8,11-12H,5,9-10,13-14H2,1-4H3,(H2,20,21,23);1H. The maximum atomic E-state index is 4.39. The molecule has 0 saturated carbocycles. The zero-order chi connectivity index (χ0) is 18.1. The van der Waals surface area contributed by atoms with Crippen LogP contribution in [0.5, 0.6) is 0 Å². The van der Waals surface area contributed by atoms with E-state index < -0.39 is 0 Å². The Morgan fingerprint density at radius 2 is 2.04 bits per heavy atom. The molecule has 0 spiro atoms. The molecule has 0 radical (unpaired) electrons. The Morgan fingerprint density at radius 3 is 2.69 bits per heavy atom. The maximum Gasteiger partial charge on any atom is 0.191 e. The van der Waals surface area contributed by atoms with Crippen molar-refractivity contribution < 1.29 is 0 Å². The Kier molecular flexibility index (Phi) is 10.8. The van der Waals surface area contributed by atoms with Gasteiger partial charge in [-0.3, -0.25) is 4.99 Å². The van der Waals surface area contributed by atoms with Crippen LogP contribution in [0.2, 0.25) is 0 Å². The summed E-state index contributed by atoms with van der Waals surface area (Å²) in [6, 6.07) is 8.70. The van der Waals surface area contributed by atoms with E-state index in [2.05, 4.69) is 70.7 Å². The van der Waals surface area contributed by atoms with Crippen LogP contribution < -0.4 is 10.6 Å². The lowest BCUT2D eigenvalue weighted by molar-refractivity contribution is 0.345. The highest BCUT2D eigenvalue weighted by molar-refractivity contribution is 14.0. The third-order valence-electron chi connectivity index (χ3n) is 3.97. The van der Waals surface area contributed by atoms with Crippen LogP contribution in [0.3, 0.4) is 0 Å². The summed E-state index contributed by atoms with van der Waals surface area (Å²) >= 11 is 1.75. The number of nitrogens with one attached hydrogen (secondary N) is 2. The average Bonchev–Trinajstić information content (AvgIpc) is 3.03. The monoisotopic (exact) mass is 487 g/mol. The number of aryl methyl sites for hydroxylation is 1. The van der Waals surface area contributed by atoms with Crippen molar-refractivity contribution in [1.29, 1.82) is 0 Å². The Morgan fingerprint density at radius 1 is 1.27 bits per heavy atom. The van der Waals surface area contributed by atoms with Gasteiger partial charge in [-0.05, 0) is 31.6 Å². The fourth-order valence-electron chi connectivity index (χ4n) is 2.47. The molecule has 0 fully saturated rings. The molecule has 5 nitrogen and oxygen atoms in total. The van der Waals surface area contributed by atoms with Crippen LogP contribution in [0, 0.1) is 6.92 Å². The number of hydrogen-bond acceptors (Lipinski definition) is 4. The quantitative estimate of drug-likeness (QED) is 0.341. The maximum absolute atomic E-state index is 4.39. The van der Waals surface area contributed by atoms with Gasteiger partial charge in [0.1, 0.15) is 0 Å². The summed E-state index contributed by atoms with van der Waals surface area (Å²) in [6.45, 7) is 7.88. The van der Waals surface area contributed by atoms with Crippen LogP contribution in [0.15, 0.2) is 35.5 Å². The first-order valence-electron chi connectivity index (χ1n) is 8.73. The number of hydrogen-bond donors (Lipinski definition) is 2. The summed E-state index contributed by atoms with van der Waals surface area (Å²) in [4.78, 5) is 12.2. The minimum atomic E-state index is 0. The van der Waals surface area contributed by atoms with E-state index in [4.69, 9.17) is 0 Å². The molecule has 1 heterocycles. The molecule has 0 amide bonds. The molecule has 0 unspecified atom stereocenters. The number of benzene rings is 1. The minimum absolute atomic E-state index is 0. The van der Waals surface area contributed by atoms with E-state index in [0.29, 0.717) is 0 Å². The fourth-order valence-corrected chi connectivity index (χ4v) is 3.26. The first-order chi connectivity index (χ1) is 12.1. The molecular formula is C19H30IN5S. The molecule has 2 N–H and O–H groups in total. The Bertz CT molecular complexity index is 686. The predicted molar refractivity (Wildman–Crippen MR) is 123 cm³/mol. The van der Waals surface area contributed by atoms with Gasteiger partial charge in [-0.1, -0.05) is 31.2 Å². The number of thiazole rings is 1. The minimum Gasteiger partial charge on any atom is -0.356 e. The Labute approximate surface area is 178 Å². The summed E-state index contributed by atoms with van der Waals surface area (Å²) in [5.41, 5.74) is 2.60. The molecule has 2 aromatic rings. The number of halogens is 1. The van der Waals surface area contributed by atoms with Crippen molar-refractivity contribution in [3.63, 3.8) is 0 Å². The van der Waals surface area contributed by atoms with Crippen LogP contribution in [0.1, 0.15) is 27.9 Å². The summed E-state index contributed by atoms with van der Waals surface area (Å²) < 4.78 is 0. The molecule has 0 bridgehead atoms. The van der Waals surface area contributed by atoms with Gasteiger partial charge in [0, 0.05) is 44.2 Å². The largest absolute Gasteiger partial charge is 0.356 e. The second-order valence-corrected chi connectivity index (χ2v) is 7.44. The van der Waals surface area contributed by atoms with Crippen molar-refractivity contribution in [1.82, 2.24) is 20.5 Å². The van der Waals surface area contributed by atoms with E-state index in [1.807, 2.05) is 6.20 Å². The van der Waals surface area contributed by atoms with Gasteiger partial charge in [-0.2, -0.15) is 0 Å². The van der Waals surface area contributed by atoms with Crippen LogP contribution in [0.4, 0.5) is 0 Å². The van der Waals surface area contributed by atoms with Crippen molar-refractivity contribution in [3.05, 3.63) is 51.5 Å². The van der Waals surface area contributed by atoms with E-state index in [1.165, 1.54) is 16.0 Å². The fraction of sp³-hybridized carbons (Fsp3) is 0.474. The van der Waals surface area contributed by atoms with Crippen molar-refractivity contribution in [2.45, 2.75) is 33.4 Å². The van der Waals surface area contributed by atoms with Gasteiger partial charge < -0.3 is 15.5 Å². The highest BCUT2D eigenvalue weighted by atomic mass is 127. The number of guanidine groups is 1. The summed E-state index contributed by atoms with van der Waals surface area (Å²) in [5.74, 6) is 0.823. The van der Waals surface area contributed by atoms with Crippen molar-refractivity contribution >= 4 is 41.3 Å². The molecule has 1 aromatic carbocycles. The Hall–Kier alpha value is -1.19. The second kappa shape index (κ2) is 12.2. The lowest BCUT2D eigenvalue weighted by Gasteiger charge is -2.15. The molecular weight excluding hydrogens is 457 g/mol. The van der Waals surface area contributed by atoms with Crippen LogP contribution >= 0.6 is 35.3 Å². The second-order valence-electron chi connectivity index (χ2n) is 6.12. The lowest BCUT2D eigenvalue weighted by Crippen LogP contribution is -2.37. The normalized spacial score (nSPS) is 11.3. The van der Waals surface area contributed by atoms with Crippen LogP contribution in [-0.2, 0) is 19.5 Å². The van der Waals surface area contributed by atoms with Gasteiger partial charge in [-0.25, -0.2) is 4.98 Å². The van der Waals surface area contributed by atoms with Crippen LogP contribution in [0.25, 0.3) is 0 Å². The third-order valence-corrected chi connectivity index (χ3v) is 4.94. The van der Waals surface area contributed by atoms with Crippen LogP contribution in [-0.4, -0.2) is 43.0 Å². The van der Waals surface area contributed by atoms with E-state index >= 15 is 0 Å². The van der Waals surface area contributed by atoms with Gasteiger partial charge in [0.2, 0.25) is 0 Å². The smallest absolute Gasteiger partial charge is 0.191 e. The summed E-state index contributed by atoms with van der Waals surface area (Å²) in [6.07, 6.45) is 2.84. The van der Waals surface area contributed by atoms with E-state index in [0.717, 1.165) is 43.6 Å². The van der Waals surface area contributed by atoms with Crippen molar-refractivity contribution in [2.24, 2.45) is 4.99 Å². The van der Waals surface area contributed by atoms with Gasteiger partial charge in [0.05, 0.1) is 5.01 Å². The summed E-state index contributed by atoms with van der Waals surface area (Å²) in [5, 5.41) is 7.89. The highest BCUT2D eigenvalue weighted by Gasteiger charge is 2.03. The molecule has 0 aliphatic heterocycles. The van der Waals surface area contributed by atoms with Gasteiger partial charge in [0.25, 0.3) is 0 Å². The van der Waals surface area contributed by atoms with Crippen molar-refractivity contribution in [3.8, 4) is 0 Å². The molecule has 0 saturated heterocycles. The zero-order valence-electron chi connectivity index (χ0n) is 16.1. The van der Waals surface area contributed by atoms with Gasteiger partial charge >= 0.3 is 0 Å². The molecule has 0 aliphatic rings. The number of aromatic nitrogens is 1. The molecule has 2 rings (SSSR count). The van der Waals surface area contributed by atoms with E-state index in [1.54, 1.807) is 18.4 Å². The Balaban J connectivity index is 0.00000338. The zero-order valence-corrected chi connectivity index (χ0v) is 19.2.